The molecule has 2 heterocycles. The molecule has 0 aliphatic heterocycles. The van der Waals surface area contributed by atoms with Crippen LogP contribution in [0.3, 0.4) is 0 Å². The van der Waals surface area contributed by atoms with E-state index in [0.29, 0.717) is 11.3 Å². The van der Waals surface area contributed by atoms with Crippen LogP contribution in [0.1, 0.15) is 5.56 Å². The highest BCUT2D eigenvalue weighted by molar-refractivity contribution is 6.33. The Morgan fingerprint density at radius 2 is 2.00 bits per heavy atom. The van der Waals surface area contributed by atoms with Gasteiger partial charge in [-0.05, 0) is 30.3 Å². The van der Waals surface area contributed by atoms with Crippen LogP contribution in [0.25, 0.3) is 5.65 Å². The van der Waals surface area contributed by atoms with Crippen molar-refractivity contribution >= 4 is 22.9 Å². The van der Waals surface area contributed by atoms with Gasteiger partial charge in [0.15, 0.2) is 5.65 Å². The lowest BCUT2D eigenvalue weighted by molar-refractivity contribution is -0.137. The van der Waals surface area contributed by atoms with Gasteiger partial charge in [0.25, 0.3) is 0 Å². The molecule has 5 nitrogen and oxygen atoms in total. The van der Waals surface area contributed by atoms with Crippen molar-refractivity contribution < 1.29 is 13.2 Å². The molecule has 0 atom stereocenters. The van der Waals surface area contributed by atoms with Gasteiger partial charge in [0, 0.05) is 12.7 Å². The Kier molecular flexibility index (Phi) is 4.23. The Morgan fingerprint density at radius 1 is 1.21 bits per heavy atom. The Morgan fingerprint density at radius 3 is 2.67 bits per heavy atom. The van der Waals surface area contributed by atoms with E-state index in [0.717, 1.165) is 12.1 Å². The summed E-state index contributed by atoms with van der Waals surface area (Å²) in [6.07, 6.45) is -2.83. The summed E-state index contributed by atoms with van der Waals surface area (Å²) in [5, 5.41) is 7.03. The molecule has 2 aromatic heterocycles. The second-order valence-electron chi connectivity index (χ2n) is 5.05. The van der Waals surface area contributed by atoms with Crippen molar-refractivity contribution in [2.45, 2.75) is 12.7 Å². The average Bonchev–Trinajstić information content (AvgIpc) is 2.85. The lowest BCUT2D eigenvalue weighted by atomic mass is 10.2. The van der Waals surface area contributed by atoms with Crippen molar-refractivity contribution in [3.8, 4) is 0 Å². The molecule has 0 spiro atoms. The molecule has 126 valence electrons. The number of fused-ring (bicyclic) bond motifs is 1. The number of alkyl halides is 3. The molecule has 3 aromatic rings. The Balaban J connectivity index is 1.70. The van der Waals surface area contributed by atoms with Gasteiger partial charge in [-0.3, -0.25) is 4.40 Å². The third-order valence-corrected chi connectivity index (χ3v) is 3.74. The zero-order valence-corrected chi connectivity index (χ0v) is 13.0. The minimum Gasteiger partial charge on any atom is -0.382 e. The van der Waals surface area contributed by atoms with Gasteiger partial charge in [-0.15, -0.1) is 5.10 Å². The Hall–Kier alpha value is -2.48. The van der Waals surface area contributed by atoms with E-state index in [4.69, 9.17) is 11.6 Å². The summed E-state index contributed by atoms with van der Waals surface area (Å²) < 4.78 is 40.5. The maximum absolute atomic E-state index is 12.6. The van der Waals surface area contributed by atoms with E-state index in [1.165, 1.54) is 15.1 Å². The molecule has 0 saturated carbocycles. The fourth-order valence-electron chi connectivity index (χ4n) is 2.25. The number of hydrogen-bond donors (Lipinski definition) is 1. The zero-order chi connectivity index (χ0) is 17.3. The maximum Gasteiger partial charge on any atom is 0.416 e. The number of halogens is 4. The first-order chi connectivity index (χ1) is 11.4. The van der Waals surface area contributed by atoms with Crippen LogP contribution in [0, 0.1) is 0 Å². The summed E-state index contributed by atoms with van der Waals surface area (Å²) in [7, 11) is 0. The van der Waals surface area contributed by atoms with Crippen molar-refractivity contribution in [2.75, 3.05) is 11.9 Å². The van der Waals surface area contributed by atoms with E-state index in [1.54, 1.807) is 24.4 Å². The predicted octanol–water partition coefficient (Wildman–Crippen LogP) is 3.28. The molecule has 0 saturated heterocycles. The molecule has 1 N–H and O–H groups in total. The molecular weight excluding hydrogens is 345 g/mol. The minimum absolute atomic E-state index is 0.0350. The first-order valence-corrected chi connectivity index (χ1v) is 7.39. The molecule has 3 rings (SSSR count). The lowest BCUT2D eigenvalue weighted by Crippen LogP contribution is -2.24. The monoisotopic (exact) mass is 356 g/mol. The number of nitrogens with one attached hydrogen (secondary N) is 1. The van der Waals surface area contributed by atoms with Crippen molar-refractivity contribution in [3.05, 3.63) is 63.7 Å². The van der Waals surface area contributed by atoms with Crippen LogP contribution in [0.4, 0.5) is 18.9 Å². The van der Waals surface area contributed by atoms with E-state index in [9.17, 15) is 18.0 Å². The topological polar surface area (TPSA) is 51.3 Å². The Bertz CT molecular complexity index is 932. The fraction of sp³-hybridized carbons (Fsp3) is 0.200. The van der Waals surface area contributed by atoms with Crippen LogP contribution < -0.4 is 11.0 Å². The van der Waals surface area contributed by atoms with E-state index >= 15 is 0 Å². The summed E-state index contributed by atoms with van der Waals surface area (Å²) >= 11 is 5.86. The van der Waals surface area contributed by atoms with Gasteiger partial charge in [0.2, 0.25) is 0 Å². The van der Waals surface area contributed by atoms with Gasteiger partial charge in [0.1, 0.15) is 0 Å². The number of anilines is 1. The third kappa shape index (κ3) is 3.23. The molecule has 0 unspecified atom stereocenters. The van der Waals surface area contributed by atoms with Crippen molar-refractivity contribution in [3.63, 3.8) is 0 Å². The molecular formula is C15H12ClF3N4O. The van der Waals surface area contributed by atoms with E-state index in [2.05, 4.69) is 10.4 Å². The molecule has 0 radical (unpaired) electrons. The zero-order valence-electron chi connectivity index (χ0n) is 12.2. The maximum atomic E-state index is 12.6. The highest BCUT2D eigenvalue weighted by atomic mass is 35.5. The second kappa shape index (κ2) is 6.20. The van der Waals surface area contributed by atoms with Gasteiger partial charge >= 0.3 is 11.9 Å². The second-order valence-corrected chi connectivity index (χ2v) is 5.46. The summed E-state index contributed by atoms with van der Waals surface area (Å²) in [6, 6.07) is 8.27. The molecule has 0 fully saturated rings. The fourth-order valence-corrected chi connectivity index (χ4v) is 2.49. The lowest BCUT2D eigenvalue weighted by Gasteiger charge is -2.11. The van der Waals surface area contributed by atoms with Crippen molar-refractivity contribution in [1.82, 2.24) is 14.2 Å². The first-order valence-electron chi connectivity index (χ1n) is 7.01. The molecule has 0 aliphatic rings. The van der Waals surface area contributed by atoms with Crippen LogP contribution in [0.2, 0.25) is 5.02 Å². The molecule has 24 heavy (non-hydrogen) atoms. The highest BCUT2D eigenvalue weighted by Crippen LogP contribution is 2.33. The smallest absolute Gasteiger partial charge is 0.382 e. The van der Waals surface area contributed by atoms with E-state index in [1.807, 2.05) is 0 Å². The number of pyridine rings is 1. The summed E-state index contributed by atoms with van der Waals surface area (Å²) in [5.74, 6) is 0. The SMILES string of the molecule is O=c1n(CCNc2ccc(C(F)(F)F)cc2Cl)nc2ccccn12. The van der Waals surface area contributed by atoms with Gasteiger partial charge in [-0.25, -0.2) is 9.48 Å². The molecule has 1 aromatic carbocycles. The molecule has 0 bridgehead atoms. The molecule has 0 amide bonds. The Labute approximate surface area is 139 Å². The van der Waals surface area contributed by atoms with Gasteiger partial charge < -0.3 is 5.32 Å². The predicted molar refractivity (Wildman–Crippen MR) is 84.4 cm³/mol. The first kappa shape index (κ1) is 16.4. The van der Waals surface area contributed by atoms with Gasteiger partial charge in [-0.1, -0.05) is 17.7 Å². The number of rotatable bonds is 4. The highest BCUT2D eigenvalue weighted by Gasteiger charge is 2.30. The van der Waals surface area contributed by atoms with E-state index < -0.39 is 11.7 Å². The quantitative estimate of drug-likeness (QED) is 0.780. The number of aromatic nitrogens is 3. The summed E-state index contributed by atoms with van der Waals surface area (Å²) in [6.45, 7) is 0.534. The standard InChI is InChI=1S/C15H12ClF3N4O/c16-11-9-10(15(17,18)19)4-5-12(11)20-6-8-23-14(24)22-7-2-1-3-13(22)21-23/h1-5,7,9,20H,6,8H2. The average molecular weight is 357 g/mol. The van der Waals surface area contributed by atoms with E-state index in [-0.39, 0.29) is 23.8 Å². The van der Waals surface area contributed by atoms with Crippen LogP contribution in [0.5, 0.6) is 0 Å². The largest absolute Gasteiger partial charge is 0.416 e. The van der Waals surface area contributed by atoms with Crippen LogP contribution in [0.15, 0.2) is 47.4 Å². The summed E-state index contributed by atoms with van der Waals surface area (Å²) in [4.78, 5) is 12.1. The van der Waals surface area contributed by atoms with Crippen LogP contribution >= 0.6 is 11.6 Å². The van der Waals surface area contributed by atoms with Crippen LogP contribution in [-0.4, -0.2) is 20.7 Å². The normalized spacial score (nSPS) is 11.8. The van der Waals surface area contributed by atoms with Gasteiger partial charge in [0.05, 0.1) is 22.8 Å². The number of benzene rings is 1. The van der Waals surface area contributed by atoms with Crippen molar-refractivity contribution in [2.24, 2.45) is 0 Å². The molecule has 0 aliphatic carbocycles. The van der Waals surface area contributed by atoms with Gasteiger partial charge in [-0.2, -0.15) is 13.2 Å². The number of nitrogens with zero attached hydrogens (tertiary/aromatic N) is 3. The summed E-state index contributed by atoms with van der Waals surface area (Å²) in [5.41, 5.74) is -0.211. The molecule has 9 heteroatoms. The third-order valence-electron chi connectivity index (χ3n) is 3.42. The van der Waals surface area contributed by atoms with Crippen LogP contribution in [-0.2, 0) is 12.7 Å². The van der Waals surface area contributed by atoms with Crippen molar-refractivity contribution in [1.29, 1.82) is 0 Å². The number of hydrogen-bond acceptors (Lipinski definition) is 3. The minimum atomic E-state index is -4.44.